The van der Waals surface area contributed by atoms with Gasteiger partial charge in [-0.2, -0.15) is 11.8 Å². The molecular formula is C9H19NS. The van der Waals surface area contributed by atoms with Crippen molar-refractivity contribution in [3.05, 3.63) is 0 Å². The highest BCUT2D eigenvalue weighted by Gasteiger charge is 2.34. The standard InChI is InChI=1S/C9H19NS/c1-7(2)8-9(3,4)11-6-5-10-8/h7-8,10H,5-6H2,1-4H3/t8-/m1/s1. The largest absolute Gasteiger partial charge is 0.312 e. The molecule has 0 aromatic carbocycles. The molecule has 1 rings (SSSR count). The highest BCUT2D eigenvalue weighted by Crippen LogP contribution is 2.33. The normalized spacial score (nSPS) is 30.8. The molecule has 0 aromatic heterocycles. The van der Waals surface area contributed by atoms with E-state index in [2.05, 4.69) is 44.8 Å². The van der Waals surface area contributed by atoms with Crippen LogP contribution in [0.25, 0.3) is 0 Å². The Kier molecular flexibility index (Phi) is 2.87. The van der Waals surface area contributed by atoms with Gasteiger partial charge in [0.05, 0.1) is 0 Å². The molecular weight excluding hydrogens is 154 g/mol. The maximum Gasteiger partial charge on any atom is 0.0259 e. The van der Waals surface area contributed by atoms with Gasteiger partial charge in [0.25, 0.3) is 0 Å². The lowest BCUT2D eigenvalue weighted by atomic mass is 9.92. The molecule has 0 bridgehead atoms. The van der Waals surface area contributed by atoms with Gasteiger partial charge in [-0.15, -0.1) is 0 Å². The highest BCUT2D eigenvalue weighted by molar-refractivity contribution is 8.00. The quantitative estimate of drug-likeness (QED) is 0.652. The summed E-state index contributed by atoms with van der Waals surface area (Å²) in [5.74, 6) is 2.01. The Hall–Kier alpha value is 0.310. The van der Waals surface area contributed by atoms with E-state index in [9.17, 15) is 0 Å². The van der Waals surface area contributed by atoms with Crippen molar-refractivity contribution in [2.24, 2.45) is 5.92 Å². The fourth-order valence-electron chi connectivity index (χ4n) is 1.90. The van der Waals surface area contributed by atoms with Crippen LogP contribution >= 0.6 is 11.8 Å². The molecule has 1 nitrogen and oxygen atoms in total. The first-order valence-corrected chi connectivity index (χ1v) is 5.40. The van der Waals surface area contributed by atoms with E-state index < -0.39 is 0 Å². The number of hydrogen-bond acceptors (Lipinski definition) is 2. The zero-order valence-corrected chi connectivity index (χ0v) is 8.79. The van der Waals surface area contributed by atoms with Crippen LogP contribution in [0.5, 0.6) is 0 Å². The van der Waals surface area contributed by atoms with Crippen molar-refractivity contribution in [2.45, 2.75) is 38.5 Å². The summed E-state index contributed by atoms with van der Waals surface area (Å²) in [6, 6.07) is 0.682. The predicted octanol–water partition coefficient (Wildman–Crippen LogP) is 2.13. The topological polar surface area (TPSA) is 12.0 Å². The molecule has 66 valence electrons. The van der Waals surface area contributed by atoms with Crippen LogP contribution in [0.3, 0.4) is 0 Å². The Morgan fingerprint density at radius 3 is 2.45 bits per heavy atom. The van der Waals surface area contributed by atoms with E-state index in [1.165, 1.54) is 12.3 Å². The number of hydrogen-bond donors (Lipinski definition) is 1. The summed E-state index contributed by atoms with van der Waals surface area (Å²) in [5, 5.41) is 3.59. The van der Waals surface area contributed by atoms with Crippen LogP contribution in [0.15, 0.2) is 0 Å². The molecule has 0 aliphatic carbocycles. The van der Waals surface area contributed by atoms with E-state index in [-0.39, 0.29) is 0 Å². The Bertz CT molecular complexity index is 132. The van der Waals surface area contributed by atoms with Crippen molar-refractivity contribution in [3.63, 3.8) is 0 Å². The lowest BCUT2D eigenvalue weighted by Gasteiger charge is -2.41. The summed E-state index contributed by atoms with van der Waals surface area (Å²) in [5.41, 5.74) is 0. The molecule has 1 aliphatic rings. The minimum absolute atomic E-state index is 0.423. The monoisotopic (exact) mass is 173 g/mol. The van der Waals surface area contributed by atoms with Crippen LogP contribution in [0, 0.1) is 5.92 Å². The van der Waals surface area contributed by atoms with Crippen LogP contribution < -0.4 is 5.32 Å². The molecule has 1 atom stereocenters. The average molecular weight is 173 g/mol. The molecule has 1 heterocycles. The van der Waals surface area contributed by atoms with E-state index in [0.29, 0.717) is 10.8 Å². The molecule has 0 amide bonds. The van der Waals surface area contributed by atoms with Gasteiger partial charge in [0.2, 0.25) is 0 Å². The Morgan fingerprint density at radius 1 is 1.45 bits per heavy atom. The maximum absolute atomic E-state index is 3.59. The molecule has 1 fully saturated rings. The Labute approximate surface area is 74.3 Å². The van der Waals surface area contributed by atoms with E-state index in [4.69, 9.17) is 0 Å². The molecule has 0 aromatic rings. The fourth-order valence-corrected chi connectivity index (χ4v) is 3.18. The minimum Gasteiger partial charge on any atom is -0.312 e. The third-order valence-electron chi connectivity index (χ3n) is 2.36. The van der Waals surface area contributed by atoms with Gasteiger partial charge in [0, 0.05) is 23.1 Å². The molecule has 1 aliphatic heterocycles. The van der Waals surface area contributed by atoms with Crippen LogP contribution in [0.2, 0.25) is 0 Å². The first-order valence-electron chi connectivity index (χ1n) is 4.41. The van der Waals surface area contributed by atoms with Gasteiger partial charge >= 0.3 is 0 Å². The zero-order valence-electron chi connectivity index (χ0n) is 7.98. The zero-order chi connectivity index (χ0) is 8.48. The van der Waals surface area contributed by atoms with E-state index >= 15 is 0 Å². The van der Waals surface area contributed by atoms with Gasteiger partial charge in [0.15, 0.2) is 0 Å². The summed E-state index contributed by atoms with van der Waals surface area (Å²) in [6.45, 7) is 10.5. The predicted molar refractivity (Wildman–Crippen MR) is 53.2 cm³/mol. The van der Waals surface area contributed by atoms with Crippen molar-refractivity contribution in [2.75, 3.05) is 12.3 Å². The number of thioether (sulfide) groups is 1. The lowest BCUT2D eigenvalue weighted by Crippen LogP contribution is -2.52. The molecule has 0 saturated carbocycles. The van der Waals surface area contributed by atoms with E-state index in [0.717, 1.165) is 5.92 Å². The first-order chi connectivity index (χ1) is 5.04. The summed E-state index contributed by atoms with van der Waals surface area (Å²) in [6.07, 6.45) is 0. The minimum atomic E-state index is 0.423. The fraction of sp³-hybridized carbons (Fsp3) is 1.00. The Morgan fingerprint density at radius 2 is 2.09 bits per heavy atom. The first kappa shape index (κ1) is 9.40. The molecule has 0 unspecified atom stereocenters. The van der Waals surface area contributed by atoms with Gasteiger partial charge < -0.3 is 5.32 Å². The van der Waals surface area contributed by atoms with E-state index in [1.807, 2.05) is 0 Å². The van der Waals surface area contributed by atoms with Crippen LogP contribution in [0.4, 0.5) is 0 Å². The molecule has 1 N–H and O–H groups in total. The average Bonchev–Trinajstić information content (AvgIpc) is 1.85. The highest BCUT2D eigenvalue weighted by atomic mass is 32.2. The van der Waals surface area contributed by atoms with Crippen molar-refractivity contribution in [1.29, 1.82) is 0 Å². The molecule has 1 saturated heterocycles. The van der Waals surface area contributed by atoms with Crippen LogP contribution in [-0.2, 0) is 0 Å². The molecule has 0 spiro atoms. The van der Waals surface area contributed by atoms with Crippen molar-refractivity contribution < 1.29 is 0 Å². The van der Waals surface area contributed by atoms with Crippen LogP contribution in [0.1, 0.15) is 27.7 Å². The van der Waals surface area contributed by atoms with Crippen molar-refractivity contribution in [1.82, 2.24) is 5.32 Å². The second-order valence-corrected chi connectivity index (χ2v) is 5.88. The lowest BCUT2D eigenvalue weighted by molar-refractivity contribution is 0.338. The van der Waals surface area contributed by atoms with Gasteiger partial charge in [-0.1, -0.05) is 13.8 Å². The number of nitrogens with one attached hydrogen (secondary N) is 1. The van der Waals surface area contributed by atoms with Gasteiger partial charge in [-0.05, 0) is 19.8 Å². The summed E-state index contributed by atoms with van der Waals surface area (Å²) < 4.78 is 0.423. The Balaban J connectivity index is 2.60. The summed E-state index contributed by atoms with van der Waals surface area (Å²) in [7, 11) is 0. The number of rotatable bonds is 1. The second-order valence-electron chi connectivity index (χ2n) is 4.13. The van der Waals surface area contributed by atoms with Crippen molar-refractivity contribution in [3.8, 4) is 0 Å². The van der Waals surface area contributed by atoms with Gasteiger partial charge in [-0.25, -0.2) is 0 Å². The third kappa shape index (κ3) is 2.12. The van der Waals surface area contributed by atoms with Gasteiger partial charge in [0.1, 0.15) is 0 Å². The van der Waals surface area contributed by atoms with Crippen molar-refractivity contribution >= 4 is 11.8 Å². The summed E-state index contributed by atoms with van der Waals surface area (Å²) in [4.78, 5) is 0. The SMILES string of the molecule is CC(C)[C@H]1NCCSC1(C)C. The molecule has 11 heavy (non-hydrogen) atoms. The van der Waals surface area contributed by atoms with Crippen LogP contribution in [-0.4, -0.2) is 23.1 Å². The molecule has 2 heteroatoms. The maximum atomic E-state index is 3.59. The van der Waals surface area contributed by atoms with Gasteiger partial charge in [-0.3, -0.25) is 0 Å². The smallest absolute Gasteiger partial charge is 0.0259 e. The third-order valence-corrected chi connectivity index (χ3v) is 3.76. The summed E-state index contributed by atoms with van der Waals surface area (Å²) >= 11 is 2.09. The second kappa shape index (κ2) is 3.36. The van der Waals surface area contributed by atoms with E-state index in [1.54, 1.807) is 0 Å². The molecule has 0 radical (unpaired) electrons.